The number of nitrogens with one attached hydrogen (secondary N) is 1. The zero-order chi connectivity index (χ0) is 19.7. The summed E-state index contributed by atoms with van der Waals surface area (Å²) in [7, 11) is 0. The van der Waals surface area contributed by atoms with Gasteiger partial charge in [0.1, 0.15) is 0 Å². The van der Waals surface area contributed by atoms with Gasteiger partial charge in [0.05, 0.1) is 18.9 Å². The monoisotopic (exact) mass is 381 g/mol. The quantitative estimate of drug-likeness (QED) is 0.722. The summed E-state index contributed by atoms with van der Waals surface area (Å²) in [5.41, 5.74) is 3.68. The second-order valence-electron chi connectivity index (χ2n) is 7.53. The molecule has 8 nitrogen and oxygen atoms in total. The number of amides is 1. The Morgan fingerprint density at radius 3 is 2.75 bits per heavy atom. The molecule has 146 valence electrons. The normalized spacial score (nSPS) is 16.9. The van der Waals surface area contributed by atoms with Crippen molar-refractivity contribution in [2.24, 2.45) is 0 Å². The predicted molar refractivity (Wildman–Crippen MR) is 105 cm³/mol. The molecule has 4 rings (SSSR count). The Bertz CT molecular complexity index is 997. The van der Waals surface area contributed by atoms with Crippen LogP contribution in [0.4, 0.5) is 10.7 Å². The van der Waals surface area contributed by atoms with E-state index in [1.54, 1.807) is 10.6 Å². The predicted octanol–water partition coefficient (Wildman–Crippen LogP) is 3.10. The molecule has 0 unspecified atom stereocenters. The third-order valence-electron chi connectivity index (χ3n) is 5.02. The Morgan fingerprint density at radius 1 is 1.25 bits per heavy atom. The highest BCUT2D eigenvalue weighted by Crippen LogP contribution is 2.24. The third kappa shape index (κ3) is 3.69. The molecule has 0 saturated carbocycles. The van der Waals surface area contributed by atoms with Crippen LogP contribution in [0, 0.1) is 0 Å². The molecule has 0 aliphatic carbocycles. The first-order chi connectivity index (χ1) is 13.4. The molecule has 0 radical (unpaired) electrons. The summed E-state index contributed by atoms with van der Waals surface area (Å²) in [6, 6.07) is 14.0. The van der Waals surface area contributed by atoms with Crippen LogP contribution in [0.2, 0.25) is 0 Å². The number of carboxylic acid groups (broad SMARTS) is 1. The SMILES string of the molecule is CC1(C)COCCN1Cc1ccc(-c2cccc3nc(NC(=O)O)nn23)cc1. The number of anilines is 1. The van der Waals surface area contributed by atoms with Crippen molar-refractivity contribution in [3.8, 4) is 11.3 Å². The van der Waals surface area contributed by atoms with Gasteiger partial charge in [-0.1, -0.05) is 30.3 Å². The highest BCUT2D eigenvalue weighted by Gasteiger charge is 2.30. The fraction of sp³-hybridized carbons (Fsp3) is 0.350. The topological polar surface area (TPSA) is 92.0 Å². The first-order valence-electron chi connectivity index (χ1n) is 9.20. The van der Waals surface area contributed by atoms with Gasteiger partial charge in [-0.15, -0.1) is 5.10 Å². The second-order valence-corrected chi connectivity index (χ2v) is 7.53. The summed E-state index contributed by atoms with van der Waals surface area (Å²) in [4.78, 5) is 17.5. The van der Waals surface area contributed by atoms with Crippen molar-refractivity contribution >= 4 is 17.7 Å². The fourth-order valence-corrected chi connectivity index (χ4v) is 3.46. The molecule has 3 aromatic rings. The number of morpholine rings is 1. The molecule has 1 saturated heterocycles. The lowest BCUT2D eigenvalue weighted by Crippen LogP contribution is -2.52. The van der Waals surface area contributed by atoms with Crippen molar-refractivity contribution in [2.45, 2.75) is 25.9 Å². The number of ether oxygens (including phenoxy) is 1. The van der Waals surface area contributed by atoms with Crippen LogP contribution in [0.1, 0.15) is 19.4 Å². The van der Waals surface area contributed by atoms with E-state index in [2.05, 4.69) is 58.4 Å². The van der Waals surface area contributed by atoms with Gasteiger partial charge >= 0.3 is 6.09 Å². The smallest absolute Gasteiger partial charge is 0.411 e. The summed E-state index contributed by atoms with van der Waals surface area (Å²) < 4.78 is 7.24. The van der Waals surface area contributed by atoms with Gasteiger partial charge in [0, 0.05) is 24.2 Å². The Hall–Kier alpha value is -2.97. The van der Waals surface area contributed by atoms with Crippen LogP contribution in [0.25, 0.3) is 16.9 Å². The van der Waals surface area contributed by atoms with Gasteiger partial charge in [0.2, 0.25) is 0 Å². The lowest BCUT2D eigenvalue weighted by atomic mass is 10.0. The van der Waals surface area contributed by atoms with Crippen LogP contribution < -0.4 is 5.32 Å². The summed E-state index contributed by atoms with van der Waals surface area (Å²) in [6.07, 6.45) is -1.19. The van der Waals surface area contributed by atoms with Crippen molar-refractivity contribution in [1.29, 1.82) is 0 Å². The first-order valence-corrected chi connectivity index (χ1v) is 9.20. The van der Waals surface area contributed by atoms with E-state index in [1.165, 1.54) is 5.56 Å². The standard InChI is InChI=1S/C20H23N5O3/c1-20(2)13-28-11-10-24(20)12-14-6-8-15(9-7-14)16-4-3-5-17-21-18(22-19(26)27)23-25(16)17/h3-9H,10-13H2,1-2H3,(H,22,23)(H,26,27). The number of nitrogens with zero attached hydrogens (tertiary/aromatic N) is 4. The van der Waals surface area contributed by atoms with E-state index < -0.39 is 6.09 Å². The van der Waals surface area contributed by atoms with E-state index in [-0.39, 0.29) is 11.5 Å². The number of benzene rings is 1. The Labute approximate surface area is 162 Å². The summed E-state index contributed by atoms with van der Waals surface area (Å²) in [6.45, 7) is 7.71. The van der Waals surface area contributed by atoms with Crippen molar-refractivity contribution in [2.75, 3.05) is 25.1 Å². The zero-order valence-corrected chi connectivity index (χ0v) is 15.9. The maximum absolute atomic E-state index is 10.8. The molecular formula is C20H23N5O3. The number of fused-ring (bicyclic) bond motifs is 1. The largest absolute Gasteiger partial charge is 0.465 e. The molecule has 1 fully saturated rings. The number of hydrogen-bond donors (Lipinski definition) is 2. The van der Waals surface area contributed by atoms with Crippen LogP contribution in [0.3, 0.4) is 0 Å². The molecule has 0 spiro atoms. The van der Waals surface area contributed by atoms with Crippen molar-refractivity contribution in [1.82, 2.24) is 19.5 Å². The minimum atomic E-state index is -1.19. The maximum Gasteiger partial charge on any atom is 0.411 e. The van der Waals surface area contributed by atoms with E-state index in [4.69, 9.17) is 9.84 Å². The molecule has 1 amide bonds. The van der Waals surface area contributed by atoms with Crippen molar-refractivity contribution in [3.05, 3.63) is 48.0 Å². The van der Waals surface area contributed by atoms with Gasteiger partial charge in [-0.2, -0.15) is 4.98 Å². The minimum absolute atomic E-state index is 0.0246. The number of rotatable bonds is 4. The van der Waals surface area contributed by atoms with E-state index in [9.17, 15) is 4.79 Å². The fourth-order valence-electron chi connectivity index (χ4n) is 3.46. The van der Waals surface area contributed by atoms with Gasteiger partial charge in [-0.05, 0) is 31.5 Å². The Morgan fingerprint density at radius 2 is 2.04 bits per heavy atom. The van der Waals surface area contributed by atoms with Gasteiger partial charge in [-0.25, -0.2) is 9.31 Å². The van der Waals surface area contributed by atoms with Gasteiger partial charge < -0.3 is 9.84 Å². The molecule has 3 heterocycles. The summed E-state index contributed by atoms with van der Waals surface area (Å²) in [5, 5.41) is 15.3. The average molecular weight is 381 g/mol. The van der Waals surface area contributed by atoms with E-state index >= 15 is 0 Å². The average Bonchev–Trinajstić information content (AvgIpc) is 3.05. The number of pyridine rings is 1. The lowest BCUT2D eigenvalue weighted by Gasteiger charge is -2.42. The third-order valence-corrected chi connectivity index (χ3v) is 5.02. The van der Waals surface area contributed by atoms with Crippen LogP contribution in [0.5, 0.6) is 0 Å². The minimum Gasteiger partial charge on any atom is -0.465 e. The highest BCUT2D eigenvalue weighted by atomic mass is 16.5. The van der Waals surface area contributed by atoms with E-state index in [1.807, 2.05) is 12.1 Å². The highest BCUT2D eigenvalue weighted by molar-refractivity contribution is 5.80. The van der Waals surface area contributed by atoms with Gasteiger partial charge in [0.25, 0.3) is 5.95 Å². The zero-order valence-electron chi connectivity index (χ0n) is 15.9. The summed E-state index contributed by atoms with van der Waals surface area (Å²) in [5.74, 6) is 0.0612. The summed E-state index contributed by atoms with van der Waals surface area (Å²) >= 11 is 0. The van der Waals surface area contributed by atoms with Crippen LogP contribution >= 0.6 is 0 Å². The first kappa shape index (κ1) is 18.4. The van der Waals surface area contributed by atoms with Gasteiger partial charge in [-0.3, -0.25) is 10.2 Å². The Kier molecular flexibility index (Phi) is 4.74. The number of aromatic nitrogens is 3. The van der Waals surface area contributed by atoms with Crippen molar-refractivity contribution in [3.63, 3.8) is 0 Å². The number of hydrogen-bond acceptors (Lipinski definition) is 5. The lowest BCUT2D eigenvalue weighted by molar-refractivity contribution is -0.0552. The van der Waals surface area contributed by atoms with Crippen LogP contribution in [0.15, 0.2) is 42.5 Å². The molecule has 28 heavy (non-hydrogen) atoms. The molecule has 1 aliphatic heterocycles. The van der Waals surface area contributed by atoms with Crippen LogP contribution in [-0.4, -0.2) is 56.0 Å². The molecule has 0 bridgehead atoms. The maximum atomic E-state index is 10.8. The molecule has 8 heteroatoms. The molecule has 1 aromatic carbocycles. The molecular weight excluding hydrogens is 358 g/mol. The van der Waals surface area contributed by atoms with Crippen LogP contribution in [-0.2, 0) is 11.3 Å². The van der Waals surface area contributed by atoms with Gasteiger partial charge in [0.15, 0.2) is 5.65 Å². The second kappa shape index (κ2) is 7.21. The molecule has 1 aliphatic rings. The molecule has 0 atom stereocenters. The molecule has 2 aromatic heterocycles. The van der Waals surface area contributed by atoms with E-state index in [0.717, 1.165) is 37.6 Å². The number of carbonyl (C=O) groups is 1. The van der Waals surface area contributed by atoms with Crippen molar-refractivity contribution < 1.29 is 14.6 Å². The van der Waals surface area contributed by atoms with E-state index in [0.29, 0.717) is 5.65 Å². The molecule has 2 N–H and O–H groups in total. The Balaban J connectivity index is 1.58.